The second kappa shape index (κ2) is 5.16. The van der Waals surface area contributed by atoms with Crippen molar-refractivity contribution in [1.82, 2.24) is 9.97 Å². The maximum Gasteiger partial charge on any atom is 0.302 e. The molecule has 1 saturated heterocycles. The Hall–Kier alpha value is -2.29. The molecule has 2 aromatic rings. The largest absolute Gasteiger partial charge is 0.383 e. The molecule has 1 atom stereocenters. The molecule has 22 heavy (non-hydrogen) atoms. The fourth-order valence-corrected chi connectivity index (χ4v) is 3.36. The molecule has 1 aliphatic heterocycles. The van der Waals surface area contributed by atoms with Gasteiger partial charge in [0.25, 0.3) is 0 Å². The molecule has 2 heterocycles. The van der Waals surface area contributed by atoms with Gasteiger partial charge >= 0.3 is 10.2 Å². The van der Waals surface area contributed by atoms with Gasteiger partial charge in [0, 0.05) is 24.3 Å². The van der Waals surface area contributed by atoms with Crippen LogP contribution in [0, 0.1) is 5.92 Å². The van der Waals surface area contributed by atoms with Gasteiger partial charge in [-0.15, -0.1) is 3.89 Å². The zero-order chi connectivity index (χ0) is 15.9. The molecule has 9 heteroatoms. The molecule has 3 rings (SSSR count). The highest BCUT2D eigenvalue weighted by molar-refractivity contribution is 7.86. The summed E-state index contributed by atoms with van der Waals surface area (Å²) >= 11 is 0. The maximum absolute atomic E-state index is 12.8. The number of nitrogens with zero attached hydrogens (tertiary/aromatic N) is 3. The highest BCUT2D eigenvalue weighted by atomic mass is 32.3. The van der Waals surface area contributed by atoms with Gasteiger partial charge in [-0.1, -0.05) is 12.1 Å². The van der Waals surface area contributed by atoms with Crippen LogP contribution in [0.4, 0.5) is 15.7 Å². The molecule has 0 bridgehead atoms. The summed E-state index contributed by atoms with van der Waals surface area (Å²) in [5.74, 6) is -1.30. The number of nitrogen functional groups attached to an aromatic ring is 1. The summed E-state index contributed by atoms with van der Waals surface area (Å²) in [6, 6.07) is 7.08. The summed E-state index contributed by atoms with van der Waals surface area (Å²) < 4.78 is 34.2. The second-order valence-electron chi connectivity index (χ2n) is 5.21. The predicted octanol–water partition coefficient (Wildman–Crippen LogP) is 0.864. The normalized spacial score (nSPS) is 19.0. The summed E-state index contributed by atoms with van der Waals surface area (Å²) in [4.78, 5) is 21.6. The Labute approximate surface area is 126 Å². The van der Waals surface area contributed by atoms with Crippen molar-refractivity contribution in [3.8, 4) is 0 Å². The number of amides is 1. The third-order valence-electron chi connectivity index (χ3n) is 3.50. The van der Waals surface area contributed by atoms with Crippen molar-refractivity contribution in [2.45, 2.75) is 6.42 Å². The average molecular weight is 324 g/mol. The lowest BCUT2D eigenvalue weighted by Crippen LogP contribution is -2.27. The number of halogens is 1. The summed E-state index contributed by atoms with van der Waals surface area (Å²) in [5, 5.41) is 0.667. The molecule has 1 fully saturated rings. The van der Waals surface area contributed by atoms with E-state index in [2.05, 4.69) is 9.97 Å². The van der Waals surface area contributed by atoms with Crippen LogP contribution >= 0.6 is 0 Å². The van der Waals surface area contributed by atoms with Crippen LogP contribution in [-0.2, 0) is 15.0 Å². The van der Waals surface area contributed by atoms with Crippen LogP contribution in [0.3, 0.4) is 0 Å². The van der Waals surface area contributed by atoms with Crippen molar-refractivity contribution in [2.75, 3.05) is 22.9 Å². The first-order valence-electron chi connectivity index (χ1n) is 6.58. The minimum Gasteiger partial charge on any atom is -0.383 e. The minimum atomic E-state index is -4.62. The number of hydrogen-bond acceptors (Lipinski definition) is 6. The molecule has 1 aliphatic rings. The minimum absolute atomic E-state index is 0.0553. The zero-order valence-electron chi connectivity index (χ0n) is 11.4. The fraction of sp³-hybridized carbons (Fsp3) is 0.308. The molecule has 0 saturated carbocycles. The molecule has 116 valence electrons. The Balaban J connectivity index is 1.93. The Kier molecular flexibility index (Phi) is 3.44. The maximum atomic E-state index is 12.8. The molecule has 1 amide bonds. The summed E-state index contributed by atoms with van der Waals surface area (Å²) in [6.07, 6.45) is -0.0563. The van der Waals surface area contributed by atoms with E-state index in [0.29, 0.717) is 10.9 Å². The topological polar surface area (TPSA) is 106 Å². The number of carbonyl (C=O) groups excluding carboxylic acids is 1. The first kappa shape index (κ1) is 14.6. The number of hydrogen-bond donors (Lipinski definition) is 1. The van der Waals surface area contributed by atoms with Gasteiger partial charge in [-0.25, -0.2) is 4.98 Å². The predicted molar refractivity (Wildman–Crippen MR) is 79.3 cm³/mol. The Morgan fingerprint density at radius 3 is 2.77 bits per heavy atom. The molecule has 0 aliphatic carbocycles. The van der Waals surface area contributed by atoms with Gasteiger partial charge in [0.05, 0.1) is 11.3 Å². The molecule has 2 N–H and O–H groups in total. The highest BCUT2D eigenvalue weighted by Crippen LogP contribution is 2.27. The number of rotatable bonds is 3. The average Bonchev–Trinajstić information content (AvgIpc) is 2.77. The van der Waals surface area contributed by atoms with Gasteiger partial charge in [-0.3, -0.25) is 9.69 Å². The van der Waals surface area contributed by atoms with Crippen LogP contribution in [0.15, 0.2) is 24.3 Å². The van der Waals surface area contributed by atoms with E-state index in [-0.39, 0.29) is 30.6 Å². The van der Waals surface area contributed by atoms with Crippen LogP contribution < -0.4 is 10.6 Å². The van der Waals surface area contributed by atoms with Gasteiger partial charge in [0.1, 0.15) is 5.82 Å². The van der Waals surface area contributed by atoms with E-state index in [9.17, 15) is 17.1 Å². The van der Waals surface area contributed by atoms with Gasteiger partial charge < -0.3 is 5.73 Å². The van der Waals surface area contributed by atoms with E-state index >= 15 is 0 Å². The van der Waals surface area contributed by atoms with Crippen molar-refractivity contribution in [3.63, 3.8) is 0 Å². The van der Waals surface area contributed by atoms with Gasteiger partial charge in [0.15, 0.2) is 0 Å². The van der Waals surface area contributed by atoms with E-state index in [1.165, 1.54) is 4.90 Å². The summed E-state index contributed by atoms with van der Waals surface area (Å²) in [6.45, 7) is 0.0553. The van der Waals surface area contributed by atoms with Crippen molar-refractivity contribution >= 4 is 38.8 Å². The smallest absolute Gasteiger partial charge is 0.302 e. The van der Waals surface area contributed by atoms with Crippen molar-refractivity contribution in [1.29, 1.82) is 0 Å². The van der Waals surface area contributed by atoms with E-state index in [1.54, 1.807) is 24.3 Å². The Bertz CT molecular complexity index is 855. The van der Waals surface area contributed by atoms with Gasteiger partial charge in [0.2, 0.25) is 11.9 Å². The first-order chi connectivity index (χ1) is 10.3. The second-order valence-corrected chi connectivity index (χ2v) is 6.62. The highest BCUT2D eigenvalue weighted by Gasteiger charge is 2.35. The van der Waals surface area contributed by atoms with Crippen molar-refractivity contribution < 1.29 is 17.1 Å². The summed E-state index contributed by atoms with van der Waals surface area (Å²) in [7, 11) is -4.62. The lowest BCUT2D eigenvalue weighted by atomic mass is 10.1. The third-order valence-corrected chi connectivity index (χ3v) is 4.37. The standard InChI is InChI=1S/C13H13FN4O3S/c14-22(20,21)7-8-5-11(19)18(6-8)13-16-10-4-2-1-3-9(10)12(15)17-13/h1-4,8H,5-7H2,(H2,15,16,17). The van der Waals surface area contributed by atoms with Crippen molar-refractivity contribution in [3.05, 3.63) is 24.3 Å². The van der Waals surface area contributed by atoms with E-state index in [4.69, 9.17) is 5.73 Å². The Morgan fingerprint density at radius 2 is 2.05 bits per heavy atom. The lowest BCUT2D eigenvalue weighted by Gasteiger charge is -2.15. The number of carbonyl (C=O) groups is 1. The SMILES string of the molecule is Nc1nc(N2CC(CS(=O)(=O)F)CC2=O)nc2ccccc12. The number of benzene rings is 1. The monoisotopic (exact) mass is 324 g/mol. The fourth-order valence-electron chi connectivity index (χ4n) is 2.58. The van der Waals surface area contributed by atoms with Crippen LogP contribution in [0.2, 0.25) is 0 Å². The molecular weight excluding hydrogens is 311 g/mol. The van der Waals surface area contributed by atoms with Gasteiger partial charge in [-0.2, -0.15) is 13.4 Å². The molecule has 0 radical (unpaired) electrons. The van der Waals surface area contributed by atoms with E-state index in [1.807, 2.05) is 0 Å². The lowest BCUT2D eigenvalue weighted by molar-refractivity contribution is -0.117. The number of nitrogens with two attached hydrogens (primary N) is 1. The van der Waals surface area contributed by atoms with E-state index in [0.717, 1.165) is 0 Å². The summed E-state index contributed by atoms with van der Waals surface area (Å²) in [5.41, 5.74) is 6.44. The van der Waals surface area contributed by atoms with Crippen LogP contribution in [-0.4, -0.2) is 36.6 Å². The molecule has 1 aromatic heterocycles. The third kappa shape index (κ3) is 2.84. The van der Waals surface area contributed by atoms with Crippen LogP contribution in [0.25, 0.3) is 10.9 Å². The van der Waals surface area contributed by atoms with Crippen LogP contribution in [0.1, 0.15) is 6.42 Å². The molecular formula is C13H13FN4O3S. The quantitative estimate of drug-likeness (QED) is 0.840. The van der Waals surface area contributed by atoms with Crippen molar-refractivity contribution in [2.24, 2.45) is 5.92 Å². The molecule has 0 spiro atoms. The first-order valence-corrected chi connectivity index (χ1v) is 8.14. The molecule has 1 aromatic carbocycles. The van der Waals surface area contributed by atoms with Crippen LogP contribution in [0.5, 0.6) is 0 Å². The van der Waals surface area contributed by atoms with Gasteiger partial charge in [-0.05, 0) is 12.1 Å². The number of aromatic nitrogens is 2. The molecule has 1 unspecified atom stereocenters. The number of fused-ring (bicyclic) bond motifs is 1. The molecule has 7 nitrogen and oxygen atoms in total. The Morgan fingerprint density at radius 1 is 1.32 bits per heavy atom. The van der Waals surface area contributed by atoms with E-state index < -0.39 is 21.9 Å². The number of anilines is 2. The number of para-hydroxylation sites is 1. The zero-order valence-corrected chi connectivity index (χ0v) is 12.3.